The summed E-state index contributed by atoms with van der Waals surface area (Å²) in [5, 5.41) is 29.3. The number of anilines is 1. The number of carboxylic acid groups (broad SMARTS) is 1. The van der Waals surface area contributed by atoms with Gasteiger partial charge in [0.25, 0.3) is 11.2 Å². The molecule has 9 nitrogen and oxygen atoms in total. The lowest BCUT2D eigenvalue weighted by Gasteiger charge is -2.32. The lowest BCUT2D eigenvalue weighted by Crippen LogP contribution is -2.43. The Morgan fingerprint density at radius 2 is 1.87 bits per heavy atom. The smallest absolute Gasteiger partial charge is 0.326 e. The van der Waals surface area contributed by atoms with Crippen LogP contribution in [0.3, 0.4) is 0 Å². The molecule has 1 saturated heterocycles. The lowest BCUT2D eigenvalue weighted by atomic mass is 9.99. The molecule has 0 spiro atoms. The van der Waals surface area contributed by atoms with Crippen LogP contribution < -0.4 is 10.5 Å². The highest BCUT2D eigenvalue weighted by atomic mass is 16.6. The number of H-pyrrole nitrogens is 1. The van der Waals surface area contributed by atoms with Crippen LogP contribution in [-0.2, 0) is 4.79 Å². The van der Waals surface area contributed by atoms with Gasteiger partial charge in [-0.05, 0) is 25.0 Å². The Hall–Kier alpha value is -3.75. The topological polar surface area (TPSA) is 129 Å². The zero-order valence-electron chi connectivity index (χ0n) is 16.8. The molecular formula is C22H22N4O5. The van der Waals surface area contributed by atoms with E-state index >= 15 is 0 Å². The number of benzene rings is 2. The summed E-state index contributed by atoms with van der Waals surface area (Å²) in [6.07, 6.45) is 3.91. The minimum atomic E-state index is -0.978. The van der Waals surface area contributed by atoms with E-state index < -0.39 is 16.9 Å². The Morgan fingerprint density at radius 3 is 2.61 bits per heavy atom. The number of aromatic amines is 1. The molecule has 0 saturated carbocycles. The van der Waals surface area contributed by atoms with E-state index in [2.05, 4.69) is 10.2 Å². The number of aromatic nitrogens is 2. The Balaban J connectivity index is 1.84. The third-order valence-corrected chi connectivity index (χ3v) is 5.74. The van der Waals surface area contributed by atoms with Crippen LogP contribution >= 0.6 is 0 Å². The number of nitrogens with zero attached hydrogens (tertiary/aromatic N) is 3. The molecule has 1 aliphatic heterocycles. The molecule has 31 heavy (non-hydrogen) atoms. The number of nitro groups is 1. The van der Waals surface area contributed by atoms with E-state index in [-0.39, 0.29) is 16.9 Å². The predicted octanol–water partition coefficient (Wildman–Crippen LogP) is 3.72. The van der Waals surface area contributed by atoms with Gasteiger partial charge < -0.3 is 10.0 Å². The Labute approximate surface area is 177 Å². The fourth-order valence-electron chi connectivity index (χ4n) is 4.22. The largest absolute Gasteiger partial charge is 0.480 e. The molecule has 0 radical (unpaired) electrons. The van der Waals surface area contributed by atoms with Crippen LogP contribution in [0.4, 0.5) is 11.4 Å². The minimum absolute atomic E-state index is 0.179. The van der Waals surface area contributed by atoms with Crippen molar-refractivity contribution in [1.82, 2.24) is 10.2 Å². The van der Waals surface area contributed by atoms with Gasteiger partial charge >= 0.3 is 5.97 Å². The van der Waals surface area contributed by atoms with Crippen LogP contribution in [0.2, 0.25) is 0 Å². The summed E-state index contributed by atoms with van der Waals surface area (Å²) in [5.74, 6) is -0.978. The van der Waals surface area contributed by atoms with Crippen molar-refractivity contribution < 1.29 is 14.8 Å². The number of hydrogen-bond acceptors (Lipinski definition) is 6. The molecule has 2 N–H and O–H groups in total. The first-order valence-corrected chi connectivity index (χ1v) is 10.2. The molecule has 1 atom stereocenters. The third-order valence-electron chi connectivity index (χ3n) is 5.74. The molecule has 1 aromatic heterocycles. The Morgan fingerprint density at radius 1 is 1.13 bits per heavy atom. The van der Waals surface area contributed by atoms with E-state index in [1.54, 1.807) is 41.3 Å². The number of nitro benzene ring substituents is 1. The fraction of sp³-hybridized carbons (Fsp3) is 0.318. The van der Waals surface area contributed by atoms with Crippen molar-refractivity contribution in [3.63, 3.8) is 0 Å². The monoisotopic (exact) mass is 422 g/mol. The van der Waals surface area contributed by atoms with Gasteiger partial charge in [-0.1, -0.05) is 43.5 Å². The normalized spacial score (nSPS) is 17.2. The second-order valence-corrected chi connectivity index (χ2v) is 7.66. The molecule has 160 valence electrons. The number of carbonyl (C=O) groups is 1. The van der Waals surface area contributed by atoms with Crippen molar-refractivity contribution in [3.8, 4) is 11.3 Å². The molecule has 0 amide bonds. The first-order chi connectivity index (χ1) is 15.0. The highest BCUT2D eigenvalue weighted by Gasteiger charge is 2.31. The van der Waals surface area contributed by atoms with E-state index in [0.29, 0.717) is 35.0 Å². The number of hydrogen-bond donors (Lipinski definition) is 2. The van der Waals surface area contributed by atoms with Crippen LogP contribution in [0, 0.1) is 10.1 Å². The van der Waals surface area contributed by atoms with Gasteiger partial charge in [-0.25, -0.2) is 9.89 Å². The second-order valence-electron chi connectivity index (χ2n) is 7.66. The average Bonchev–Trinajstić information content (AvgIpc) is 2.74. The molecule has 0 bridgehead atoms. The van der Waals surface area contributed by atoms with Gasteiger partial charge in [-0.3, -0.25) is 14.9 Å². The molecule has 2 aromatic carbocycles. The van der Waals surface area contributed by atoms with E-state index in [0.717, 1.165) is 25.7 Å². The minimum Gasteiger partial charge on any atom is -0.480 e. The summed E-state index contributed by atoms with van der Waals surface area (Å²) in [4.78, 5) is 37.1. The Bertz CT molecular complexity index is 1210. The summed E-state index contributed by atoms with van der Waals surface area (Å²) >= 11 is 0. The molecule has 1 unspecified atom stereocenters. The van der Waals surface area contributed by atoms with Gasteiger partial charge in [0.15, 0.2) is 0 Å². The second kappa shape index (κ2) is 8.55. The highest BCUT2D eigenvalue weighted by Crippen LogP contribution is 2.36. The molecular weight excluding hydrogens is 400 g/mol. The van der Waals surface area contributed by atoms with Crippen molar-refractivity contribution in [2.45, 2.75) is 38.1 Å². The van der Waals surface area contributed by atoms with E-state index in [1.807, 2.05) is 0 Å². The zero-order chi connectivity index (χ0) is 22.0. The number of nitrogens with one attached hydrogen (secondary N) is 1. The zero-order valence-corrected chi connectivity index (χ0v) is 16.8. The van der Waals surface area contributed by atoms with Gasteiger partial charge in [0.2, 0.25) is 0 Å². The summed E-state index contributed by atoms with van der Waals surface area (Å²) < 4.78 is 0. The summed E-state index contributed by atoms with van der Waals surface area (Å²) in [5.41, 5.74) is 0.669. The van der Waals surface area contributed by atoms with Gasteiger partial charge in [-0.2, -0.15) is 5.10 Å². The van der Waals surface area contributed by atoms with Crippen molar-refractivity contribution in [3.05, 3.63) is 62.9 Å². The lowest BCUT2D eigenvalue weighted by molar-refractivity contribution is -0.384. The molecule has 1 aliphatic rings. The van der Waals surface area contributed by atoms with Gasteiger partial charge in [0.1, 0.15) is 11.7 Å². The average molecular weight is 422 g/mol. The highest BCUT2D eigenvalue weighted by molar-refractivity contribution is 5.94. The number of carboxylic acids is 1. The van der Waals surface area contributed by atoms with Crippen molar-refractivity contribution in [1.29, 1.82) is 0 Å². The maximum atomic E-state index is 12.1. The van der Waals surface area contributed by atoms with Gasteiger partial charge in [0.05, 0.1) is 16.0 Å². The summed E-state index contributed by atoms with van der Waals surface area (Å²) in [6, 6.07) is 10.8. The standard InChI is InChI=1S/C22H22N4O5/c27-21-16-8-5-4-7-15(16)20(23-24-21)14-10-11-17(19(13-14)26(30)31)25-12-6-2-1-3-9-18(25)22(28)29/h4-5,7-8,10-11,13,18H,1-3,6,9,12H2,(H,24,27)(H,28,29). The van der Waals surface area contributed by atoms with E-state index in [4.69, 9.17) is 0 Å². The van der Waals surface area contributed by atoms with Crippen LogP contribution in [-0.4, -0.2) is 38.8 Å². The van der Waals surface area contributed by atoms with Crippen LogP contribution in [0.1, 0.15) is 32.1 Å². The molecule has 2 heterocycles. The first kappa shape index (κ1) is 20.5. The summed E-state index contributed by atoms with van der Waals surface area (Å²) in [6.45, 7) is 0.441. The molecule has 1 fully saturated rings. The van der Waals surface area contributed by atoms with Crippen LogP contribution in [0.5, 0.6) is 0 Å². The molecule has 0 aliphatic carbocycles. The van der Waals surface area contributed by atoms with Crippen LogP contribution in [0.15, 0.2) is 47.3 Å². The first-order valence-electron chi connectivity index (χ1n) is 10.2. The fourth-order valence-corrected chi connectivity index (χ4v) is 4.22. The summed E-state index contributed by atoms with van der Waals surface area (Å²) in [7, 11) is 0. The number of aliphatic carboxylic acids is 1. The SMILES string of the molecule is O=C(O)C1CCCCCCN1c1ccc(-c2n[nH]c(=O)c3ccccc23)cc1[N+](=O)[O-]. The van der Waals surface area contributed by atoms with E-state index in [1.165, 1.54) is 6.07 Å². The van der Waals surface area contributed by atoms with Gasteiger partial charge in [0, 0.05) is 23.6 Å². The van der Waals surface area contributed by atoms with Crippen molar-refractivity contribution >= 4 is 28.1 Å². The van der Waals surface area contributed by atoms with Crippen molar-refractivity contribution in [2.75, 3.05) is 11.4 Å². The Kier molecular flexibility index (Phi) is 5.66. The quantitative estimate of drug-likeness (QED) is 0.484. The molecule has 9 heteroatoms. The van der Waals surface area contributed by atoms with E-state index in [9.17, 15) is 24.8 Å². The molecule has 3 aromatic rings. The number of fused-ring (bicyclic) bond motifs is 1. The third kappa shape index (κ3) is 3.98. The van der Waals surface area contributed by atoms with Gasteiger partial charge in [-0.15, -0.1) is 0 Å². The van der Waals surface area contributed by atoms with Crippen molar-refractivity contribution in [2.24, 2.45) is 0 Å². The van der Waals surface area contributed by atoms with Crippen LogP contribution in [0.25, 0.3) is 22.0 Å². The predicted molar refractivity (Wildman–Crippen MR) is 116 cm³/mol. The maximum Gasteiger partial charge on any atom is 0.326 e. The molecule has 4 rings (SSSR count). The number of rotatable bonds is 4. The maximum absolute atomic E-state index is 12.1.